The first-order valence-electron chi connectivity index (χ1n) is 9.85. The number of urea groups is 1. The molecule has 2 saturated heterocycles. The molecule has 2 amide bonds. The maximum absolute atomic E-state index is 12.6. The van der Waals surface area contributed by atoms with Crippen molar-refractivity contribution in [2.45, 2.75) is 45.8 Å². The molecule has 1 aromatic heterocycles. The molecule has 3 rings (SSSR count). The summed E-state index contributed by atoms with van der Waals surface area (Å²) in [7, 11) is 1.33. The van der Waals surface area contributed by atoms with Gasteiger partial charge in [0.05, 0.1) is 25.0 Å². The number of morpholine rings is 1. The zero-order valence-corrected chi connectivity index (χ0v) is 17.9. The van der Waals surface area contributed by atoms with Crippen LogP contribution >= 0.6 is 11.5 Å². The van der Waals surface area contributed by atoms with E-state index in [1.54, 1.807) is 6.92 Å². The number of hydrogen-bond donors (Lipinski definition) is 1. The van der Waals surface area contributed by atoms with Gasteiger partial charge in [-0.15, -0.1) is 0 Å². The lowest BCUT2D eigenvalue weighted by Crippen LogP contribution is -2.49. The second-order valence-corrected chi connectivity index (χ2v) is 8.57. The Bertz CT molecular complexity index is 692. The van der Waals surface area contributed by atoms with Crippen molar-refractivity contribution >= 4 is 28.5 Å². The van der Waals surface area contributed by atoms with E-state index in [4.69, 9.17) is 9.47 Å². The van der Waals surface area contributed by atoms with E-state index in [-0.39, 0.29) is 18.2 Å². The summed E-state index contributed by atoms with van der Waals surface area (Å²) < 4.78 is 14.8. The van der Waals surface area contributed by atoms with Gasteiger partial charge in [-0.05, 0) is 51.1 Å². The number of carbonyl (C=O) groups is 2. The van der Waals surface area contributed by atoms with Crippen molar-refractivity contribution in [3.05, 3.63) is 11.3 Å². The summed E-state index contributed by atoms with van der Waals surface area (Å²) in [4.78, 5) is 28.9. The van der Waals surface area contributed by atoms with Crippen LogP contribution in [-0.2, 0) is 9.47 Å². The van der Waals surface area contributed by atoms with Crippen LogP contribution in [0.25, 0.3) is 0 Å². The van der Waals surface area contributed by atoms with Gasteiger partial charge in [0, 0.05) is 32.7 Å². The minimum absolute atomic E-state index is 0.180. The van der Waals surface area contributed by atoms with Gasteiger partial charge < -0.3 is 14.4 Å². The van der Waals surface area contributed by atoms with Gasteiger partial charge in [0.25, 0.3) is 0 Å². The first-order valence-corrected chi connectivity index (χ1v) is 10.6. The maximum atomic E-state index is 12.6. The van der Waals surface area contributed by atoms with E-state index in [2.05, 4.69) is 28.4 Å². The molecule has 0 unspecified atom stereocenters. The summed E-state index contributed by atoms with van der Waals surface area (Å²) in [5, 5.41) is 3.29. The van der Waals surface area contributed by atoms with Crippen LogP contribution in [0.4, 0.5) is 9.80 Å². The Labute approximate surface area is 170 Å². The van der Waals surface area contributed by atoms with Gasteiger partial charge in [-0.3, -0.25) is 10.2 Å². The third-order valence-electron chi connectivity index (χ3n) is 5.39. The summed E-state index contributed by atoms with van der Waals surface area (Å²) >= 11 is 1.11. The number of aryl methyl sites for hydroxylation is 1. The molecule has 2 aliphatic rings. The number of nitrogens with zero attached hydrogens (tertiary/aromatic N) is 3. The van der Waals surface area contributed by atoms with E-state index in [1.165, 1.54) is 7.11 Å². The molecule has 8 nitrogen and oxygen atoms in total. The molecule has 2 aliphatic heterocycles. The molecular formula is C19H30N4O4S. The molecule has 3 heterocycles. The smallest absolute Gasteiger partial charge is 0.342 e. The molecule has 9 heteroatoms. The van der Waals surface area contributed by atoms with Crippen LogP contribution < -0.4 is 5.32 Å². The predicted molar refractivity (Wildman–Crippen MR) is 108 cm³/mol. The third kappa shape index (κ3) is 5.01. The fraction of sp³-hybridized carbons (Fsp3) is 0.737. The summed E-state index contributed by atoms with van der Waals surface area (Å²) in [6.45, 7) is 10.4. The van der Waals surface area contributed by atoms with Gasteiger partial charge in [0.15, 0.2) is 0 Å². The van der Waals surface area contributed by atoms with Crippen LogP contribution in [0.1, 0.15) is 42.7 Å². The van der Waals surface area contributed by atoms with Crippen molar-refractivity contribution in [1.82, 2.24) is 14.2 Å². The van der Waals surface area contributed by atoms with E-state index in [1.807, 2.05) is 4.90 Å². The number of rotatable bonds is 4. The highest BCUT2D eigenvalue weighted by Crippen LogP contribution is 2.27. The number of anilines is 1. The molecule has 28 heavy (non-hydrogen) atoms. The molecule has 156 valence electrons. The number of ether oxygens (including phenoxy) is 2. The second-order valence-electron chi connectivity index (χ2n) is 7.80. The second kappa shape index (κ2) is 9.19. The Morgan fingerprint density at radius 3 is 2.50 bits per heavy atom. The number of carbonyl (C=O) groups excluding carboxylic acids is 2. The Kier molecular flexibility index (Phi) is 6.90. The fourth-order valence-corrected chi connectivity index (χ4v) is 4.87. The molecule has 0 bridgehead atoms. The van der Waals surface area contributed by atoms with Gasteiger partial charge >= 0.3 is 12.0 Å². The van der Waals surface area contributed by atoms with E-state index in [9.17, 15) is 9.59 Å². The Morgan fingerprint density at radius 2 is 1.89 bits per heavy atom. The molecule has 0 aromatic carbocycles. The van der Waals surface area contributed by atoms with E-state index >= 15 is 0 Å². The Morgan fingerprint density at radius 1 is 1.25 bits per heavy atom. The molecule has 1 aromatic rings. The summed E-state index contributed by atoms with van der Waals surface area (Å²) in [5.41, 5.74) is 0.908. The number of amides is 2. The topological polar surface area (TPSA) is 84.0 Å². The van der Waals surface area contributed by atoms with Crippen molar-refractivity contribution in [2.24, 2.45) is 5.92 Å². The lowest BCUT2D eigenvalue weighted by molar-refractivity contribution is -0.0728. The van der Waals surface area contributed by atoms with Crippen molar-refractivity contribution in [2.75, 3.05) is 45.2 Å². The molecule has 0 saturated carbocycles. The lowest BCUT2D eigenvalue weighted by Gasteiger charge is -2.39. The van der Waals surface area contributed by atoms with Gasteiger partial charge in [-0.2, -0.15) is 4.37 Å². The number of likely N-dealkylation sites (tertiary alicyclic amines) is 1. The average molecular weight is 411 g/mol. The molecule has 2 atom stereocenters. The largest absolute Gasteiger partial charge is 0.465 e. The van der Waals surface area contributed by atoms with Crippen molar-refractivity contribution in [3.63, 3.8) is 0 Å². The standard InChI is InChI=1S/C19H30N4O4S/c1-12-9-22(10-13(2)27-12)11-15-5-7-23(8-6-15)19(25)20-17-16(18(24)26-4)14(3)21-28-17/h12-13,15H,5-11H2,1-4H3,(H,20,25)/t12-,13-/m1/s1. The number of piperidine rings is 1. The van der Waals surface area contributed by atoms with Gasteiger partial charge in [-0.25, -0.2) is 9.59 Å². The van der Waals surface area contributed by atoms with Crippen LogP contribution in [-0.4, -0.2) is 78.2 Å². The first kappa shape index (κ1) is 21.0. The summed E-state index contributed by atoms with van der Waals surface area (Å²) in [6.07, 6.45) is 2.53. The van der Waals surface area contributed by atoms with Gasteiger partial charge in [0.1, 0.15) is 10.6 Å². The number of nitrogens with one attached hydrogen (secondary N) is 1. The highest BCUT2D eigenvalue weighted by molar-refractivity contribution is 7.11. The van der Waals surface area contributed by atoms with Crippen LogP contribution in [0.3, 0.4) is 0 Å². The highest BCUT2D eigenvalue weighted by Gasteiger charge is 2.29. The fourth-order valence-electron chi connectivity index (χ4n) is 4.09. The maximum Gasteiger partial charge on any atom is 0.342 e. The van der Waals surface area contributed by atoms with E-state index in [0.29, 0.717) is 22.2 Å². The Balaban J connectivity index is 1.50. The van der Waals surface area contributed by atoms with Gasteiger partial charge in [0.2, 0.25) is 0 Å². The number of hydrogen-bond acceptors (Lipinski definition) is 7. The lowest BCUT2D eigenvalue weighted by atomic mass is 9.96. The summed E-state index contributed by atoms with van der Waals surface area (Å²) in [6, 6.07) is -0.180. The highest BCUT2D eigenvalue weighted by atomic mass is 32.1. The summed E-state index contributed by atoms with van der Waals surface area (Å²) in [5.74, 6) is 0.118. The number of aromatic nitrogens is 1. The molecule has 2 fully saturated rings. The van der Waals surface area contributed by atoms with Crippen LogP contribution in [0.2, 0.25) is 0 Å². The van der Waals surface area contributed by atoms with Gasteiger partial charge in [-0.1, -0.05) is 0 Å². The molecule has 0 aliphatic carbocycles. The van der Waals surface area contributed by atoms with E-state index in [0.717, 1.165) is 57.1 Å². The van der Waals surface area contributed by atoms with Crippen molar-refractivity contribution < 1.29 is 19.1 Å². The van der Waals surface area contributed by atoms with Crippen molar-refractivity contribution in [1.29, 1.82) is 0 Å². The zero-order valence-electron chi connectivity index (χ0n) is 17.1. The van der Waals surface area contributed by atoms with Crippen LogP contribution in [0.5, 0.6) is 0 Å². The molecule has 0 radical (unpaired) electrons. The quantitative estimate of drug-likeness (QED) is 0.768. The van der Waals surface area contributed by atoms with Crippen LogP contribution in [0.15, 0.2) is 0 Å². The normalized spacial score (nSPS) is 24.2. The first-order chi connectivity index (χ1) is 13.4. The predicted octanol–water partition coefficient (Wildman–Crippen LogP) is 2.59. The van der Waals surface area contributed by atoms with Crippen molar-refractivity contribution in [3.8, 4) is 0 Å². The monoisotopic (exact) mass is 410 g/mol. The minimum Gasteiger partial charge on any atom is -0.465 e. The SMILES string of the molecule is COC(=O)c1c(C)nsc1NC(=O)N1CCC(CN2C[C@@H](C)O[C@H](C)C2)CC1. The van der Waals surface area contributed by atoms with E-state index < -0.39 is 5.97 Å². The Hall–Kier alpha value is -1.71. The third-order valence-corrected chi connectivity index (χ3v) is 6.24. The number of esters is 1. The number of methoxy groups -OCH3 is 1. The molecule has 0 spiro atoms. The zero-order chi connectivity index (χ0) is 20.3. The van der Waals surface area contributed by atoms with Crippen LogP contribution in [0, 0.1) is 12.8 Å². The minimum atomic E-state index is -0.478. The molecule has 1 N–H and O–H groups in total. The average Bonchev–Trinajstić information content (AvgIpc) is 3.01. The molecular weight excluding hydrogens is 380 g/mol.